The molecule has 0 aliphatic carbocycles. The minimum absolute atomic E-state index is 0.140. The van der Waals surface area contributed by atoms with Crippen LogP contribution in [-0.4, -0.2) is 17.6 Å². The van der Waals surface area contributed by atoms with E-state index in [0.717, 1.165) is 12.1 Å². The molecule has 3 heteroatoms. The number of amides is 1. The second-order valence-electron chi connectivity index (χ2n) is 4.06. The van der Waals surface area contributed by atoms with Crippen LogP contribution in [0.1, 0.15) is 18.4 Å². The van der Waals surface area contributed by atoms with E-state index in [2.05, 4.69) is 0 Å². The van der Waals surface area contributed by atoms with Gasteiger partial charge in [-0.05, 0) is 25.5 Å². The minimum atomic E-state index is -0.140. The van der Waals surface area contributed by atoms with Crippen molar-refractivity contribution in [1.29, 1.82) is 0 Å². The van der Waals surface area contributed by atoms with Crippen molar-refractivity contribution in [3.8, 4) is 0 Å². The van der Waals surface area contributed by atoms with Gasteiger partial charge in [0.25, 0.3) is 5.91 Å². The van der Waals surface area contributed by atoms with Gasteiger partial charge in [-0.1, -0.05) is 17.7 Å². The van der Waals surface area contributed by atoms with Gasteiger partial charge in [-0.15, -0.1) is 0 Å². The van der Waals surface area contributed by atoms with E-state index in [-0.39, 0.29) is 11.7 Å². The topological polar surface area (TPSA) is 40.5 Å². The van der Waals surface area contributed by atoms with Crippen LogP contribution in [0.15, 0.2) is 36.1 Å². The third kappa shape index (κ3) is 2.24. The van der Waals surface area contributed by atoms with Gasteiger partial charge in [0.05, 0.1) is 5.76 Å². The standard InChI is InChI=1S/C13H15NO2/c1-10-4-6-11(7-5-10)14-8-2-3-12(15)9-13(14)16/h4-7,9,15H,2-3,8H2,1H3. The Kier molecular flexibility index (Phi) is 2.95. The highest BCUT2D eigenvalue weighted by atomic mass is 16.3. The molecular formula is C13H15NO2. The zero-order valence-electron chi connectivity index (χ0n) is 9.31. The first-order valence-corrected chi connectivity index (χ1v) is 5.44. The van der Waals surface area contributed by atoms with Crippen LogP contribution in [0.25, 0.3) is 0 Å². The molecule has 84 valence electrons. The Bertz CT molecular complexity index is 420. The molecule has 1 aromatic carbocycles. The average molecular weight is 217 g/mol. The van der Waals surface area contributed by atoms with E-state index in [4.69, 9.17) is 0 Å². The predicted molar refractivity (Wildman–Crippen MR) is 63.5 cm³/mol. The Morgan fingerprint density at radius 2 is 1.94 bits per heavy atom. The second-order valence-corrected chi connectivity index (χ2v) is 4.06. The van der Waals surface area contributed by atoms with E-state index in [9.17, 15) is 9.90 Å². The number of benzene rings is 1. The maximum Gasteiger partial charge on any atom is 0.254 e. The van der Waals surface area contributed by atoms with E-state index in [1.54, 1.807) is 4.90 Å². The molecule has 0 fully saturated rings. The van der Waals surface area contributed by atoms with E-state index in [0.29, 0.717) is 13.0 Å². The van der Waals surface area contributed by atoms with E-state index in [1.807, 2.05) is 31.2 Å². The fourth-order valence-corrected chi connectivity index (χ4v) is 1.80. The monoisotopic (exact) mass is 217 g/mol. The zero-order valence-corrected chi connectivity index (χ0v) is 9.31. The molecule has 16 heavy (non-hydrogen) atoms. The number of allylic oxidation sites excluding steroid dienone is 1. The van der Waals surface area contributed by atoms with Crippen LogP contribution >= 0.6 is 0 Å². The lowest BCUT2D eigenvalue weighted by Gasteiger charge is -2.19. The van der Waals surface area contributed by atoms with Crippen molar-refractivity contribution in [1.82, 2.24) is 0 Å². The van der Waals surface area contributed by atoms with Gasteiger partial charge < -0.3 is 10.0 Å². The number of aryl methyl sites for hydroxylation is 1. The highest BCUT2D eigenvalue weighted by Gasteiger charge is 2.17. The highest BCUT2D eigenvalue weighted by Crippen LogP contribution is 2.19. The average Bonchev–Trinajstić information content (AvgIpc) is 2.41. The van der Waals surface area contributed by atoms with Gasteiger partial charge in [0.2, 0.25) is 0 Å². The Labute approximate surface area is 95.0 Å². The summed E-state index contributed by atoms with van der Waals surface area (Å²) in [5.74, 6) is 0.0402. The van der Waals surface area contributed by atoms with Crippen LogP contribution in [0.3, 0.4) is 0 Å². The fraction of sp³-hybridized carbons (Fsp3) is 0.308. The first-order valence-electron chi connectivity index (χ1n) is 5.44. The first-order chi connectivity index (χ1) is 7.66. The van der Waals surface area contributed by atoms with Crippen LogP contribution in [-0.2, 0) is 4.79 Å². The smallest absolute Gasteiger partial charge is 0.254 e. The summed E-state index contributed by atoms with van der Waals surface area (Å²) >= 11 is 0. The maximum atomic E-state index is 11.8. The van der Waals surface area contributed by atoms with Crippen LogP contribution in [0.4, 0.5) is 5.69 Å². The number of nitrogens with zero attached hydrogens (tertiary/aromatic N) is 1. The SMILES string of the molecule is Cc1ccc(N2CCCC(O)=CC2=O)cc1. The highest BCUT2D eigenvalue weighted by molar-refractivity contribution is 6.01. The summed E-state index contributed by atoms with van der Waals surface area (Å²) in [6.07, 6.45) is 2.68. The number of hydrogen-bond donors (Lipinski definition) is 1. The number of hydrogen-bond acceptors (Lipinski definition) is 2. The summed E-state index contributed by atoms with van der Waals surface area (Å²) in [4.78, 5) is 13.5. The minimum Gasteiger partial charge on any atom is -0.512 e. The van der Waals surface area contributed by atoms with Crippen LogP contribution < -0.4 is 4.90 Å². The summed E-state index contributed by atoms with van der Waals surface area (Å²) in [7, 11) is 0. The molecule has 0 spiro atoms. The number of carbonyl (C=O) groups excluding carboxylic acids is 1. The van der Waals surface area contributed by atoms with E-state index in [1.165, 1.54) is 11.6 Å². The molecule has 1 amide bonds. The van der Waals surface area contributed by atoms with Crippen molar-refractivity contribution in [2.24, 2.45) is 0 Å². The lowest BCUT2D eigenvalue weighted by molar-refractivity contribution is -0.114. The normalized spacial score (nSPS) is 16.9. The Morgan fingerprint density at radius 3 is 2.62 bits per heavy atom. The van der Waals surface area contributed by atoms with Crippen LogP contribution in [0, 0.1) is 6.92 Å². The Hall–Kier alpha value is -1.77. The van der Waals surface area contributed by atoms with Gasteiger partial charge in [0.15, 0.2) is 0 Å². The summed E-state index contributed by atoms with van der Waals surface area (Å²) in [6, 6.07) is 7.83. The molecule has 0 saturated carbocycles. The predicted octanol–water partition coefficient (Wildman–Crippen LogP) is 2.56. The van der Waals surface area contributed by atoms with E-state index < -0.39 is 0 Å². The van der Waals surface area contributed by atoms with Gasteiger partial charge >= 0.3 is 0 Å². The summed E-state index contributed by atoms with van der Waals surface area (Å²) in [5.41, 5.74) is 2.06. The molecule has 2 rings (SSSR count). The molecule has 0 saturated heterocycles. The maximum absolute atomic E-state index is 11.8. The number of aliphatic hydroxyl groups excluding tert-OH is 1. The second kappa shape index (κ2) is 4.39. The van der Waals surface area contributed by atoms with Crippen molar-refractivity contribution in [2.45, 2.75) is 19.8 Å². The van der Waals surface area contributed by atoms with Gasteiger partial charge in [-0.2, -0.15) is 0 Å². The molecule has 1 aromatic rings. The number of rotatable bonds is 1. The van der Waals surface area contributed by atoms with Gasteiger partial charge in [0.1, 0.15) is 0 Å². The van der Waals surface area contributed by atoms with Crippen LogP contribution in [0.2, 0.25) is 0 Å². The molecule has 0 atom stereocenters. The molecule has 1 aliphatic heterocycles. The lowest BCUT2D eigenvalue weighted by atomic mass is 10.2. The molecule has 0 unspecified atom stereocenters. The Balaban J connectivity index is 2.26. The molecule has 1 N–H and O–H groups in total. The molecule has 1 heterocycles. The molecule has 0 bridgehead atoms. The molecule has 1 aliphatic rings. The van der Waals surface area contributed by atoms with Crippen molar-refractivity contribution < 1.29 is 9.90 Å². The van der Waals surface area contributed by atoms with Crippen molar-refractivity contribution in [2.75, 3.05) is 11.4 Å². The summed E-state index contributed by atoms with van der Waals surface area (Å²) < 4.78 is 0. The largest absolute Gasteiger partial charge is 0.512 e. The summed E-state index contributed by atoms with van der Waals surface area (Å²) in [5, 5.41) is 9.38. The van der Waals surface area contributed by atoms with Crippen molar-refractivity contribution in [3.05, 3.63) is 41.7 Å². The fourth-order valence-electron chi connectivity index (χ4n) is 1.80. The summed E-state index contributed by atoms with van der Waals surface area (Å²) in [6.45, 7) is 2.67. The van der Waals surface area contributed by atoms with Crippen LogP contribution in [0.5, 0.6) is 0 Å². The van der Waals surface area contributed by atoms with Gasteiger partial charge in [0, 0.05) is 24.7 Å². The van der Waals surface area contributed by atoms with E-state index >= 15 is 0 Å². The quantitative estimate of drug-likeness (QED) is 0.785. The third-order valence-electron chi connectivity index (χ3n) is 2.72. The number of anilines is 1. The molecule has 3 nitrogen and oxygen atoms in total. The lowest BCUT2D eigenvalue weighted by Crippen LogP contribution is -2.29. The Morgan fingerprint density at radius 1 is 1.25 bits per heavy atom. The first kappa shape index (κ1) is 10.7. The van der Waals surface area contributed by atoms with Crippen molar-refractivity contribution in [3.63, 3.8) is 0 Å². The third-order valence-corrected chi connectivity index (χ3v) is 2.72. The number of aliphatic hydroxyl groups is 1. The van der Waals surface area contributed by atoms with Gasteiger partial charge in [-0.3, -0.25) is 4.79 Å². The molecule has 0 radical (unpaired) electrons. The van der Waals surface area contributed by atoms with Crippen molar-refractivity contribution >= 4 is 11.6 Å². The molecular weight excluding hydrogens is 202 g/mol. The zero-order chi connectivity index (χ0) is 11.5. The molecule has 0 aromatic heterocycles. The van der Waals surface area contributed by atoms with Gasteiger partial charge in [-0.25, -0.2) is 0 Å². The number of carbonyl (C=O) groups is 1.